The molecule has 7 nitrogen and oxygen atoms in total. The van der Waals surface area contributed by atoms with Gasteiger partial charge in [0.2, 0.25) is 0 Å². The van der Waals surface area contributed by atoms with E-state index in [1.807, 2.05) is 0 Å². The Hall–Kier alpha value is -2.18. The van der Waals surface area contributed by atoms with Gasteiger partial charge in [-0.3, -0.25) is 4.79 Å². The fourth-order valence-electron chi connectivity index (χ4n) is 2.47. The number of carbonyl (C=O) groups is 1. The van der Waals surface area contributed by atoms with Gasteiger partial charge in [-0.2, -0.15) is 0 Å². The van der Waals surface area contributed by atoms with Gasteiger partial charge in [0, 0.05) is 12.6 Å². The third-order valence-corrected chi connectivity index (χ3v) is 3.73. The molecular formula is C13H17N3O4. The maximum Gasteiger partial charge on any atom is 0.363 e. The van der Waals surface area contributed by atoms with E-state index in [-0.39, 0.29) is 11.7 Å². The van der Waals surface area contributed by atoms with E-state index in [0.29, 0.717) is 5.92 Å². The second-order valence-electron chi connectivity index (χ2n) is 5.10. The van der Waals surface area contributed by atoms with Crippen LogP contribution < -0.4 is 5.32 Å². The minimum Gasteiger partial charge on any atom is -0.481 e. The van der Waals surface area contributed by atoms with Gasteiger partial charge < -0.3 is 20.5 Å². The molecule has 0 bridgehead atoms. The highest BCUT2D eigenvalue weighted by Gasteiger charge is 2.25. The lowest BCUT2D eigenvalue weighted by Crippen LogP contribution is -2.25. The van der Waals surface area contributed by atoms with Gasteiger partial charge in [-0.05, 0) is 47.6 Å². The van der Waals surface area contributed by atoms with Crippen molar-refractivity contribution in [3.05, 3.63) is 28.4 Å². The first-order chi connectivity index (χ1) is 9.56. The normalized spacial score (nSPS) is 22.2. The van der Waals surface area contributed by atoms with Crippen LogP contribution in [0.4, 0.5) is 11.5 Å². The van der Waals surface area contributed by atoms with Crippen LogP contribution in [0, 0.1) is 22.0 Å². The summed E-state index contributed by atoms with van der Waals surface area (Å²) < 4.78 is 0. The van der Waals surface area contributed by atoms with Gasteiger partial charge in [0.1, 0.15) is 0 Å². The number of nitrogens with one attached hydrogen (secondary N) is 1. The number of aromatic nitrogens is 1. The minimum atomic E-state index is -0.698. The molecule has 1 aromatic heterocycles. The Bertz CT molecular complexity index is 481. The fraction of sp³-hybridized carbons (Fsp3) is 0.538. The molecule has 0 atom stereocenters. The smallest absolute Gasteiger partial charge is 0.363 e. The number of anilines is 1. The number of carboxylic acid groups (broad SMARTS) is 1. The van der Waals surface area contributed by atoms with Crippen molar-refractivity contribution in [2.24, 2.45) is 11.8 Å². The molecule has 2 N–H and O–H groups in total. The first kappa shape index (κ1) is 14.2. The molecule has 1 aromatic rings. The number of aliphatic carboxylic acids is 1. The molecule has 0 radical (unpaired) electrons. The van der Waals surface area contributed by atoms with E-state index in [1.165, 1.54) is 12.3 Å². The molecule has 20 heavy (non-hydrogen) atoms. The first-order valence-corrected chi connectivity index (χ1v) is 6.63. The Morgan fingerprint density at radius 1 is 1.40 bits per heavy atom. The van der Waals surface area contributed by atoms with Crippen LogP contribution in [0.5, 0.6) is 0 Å². The summed E-state index contributed by atoms with van der Waals surface area (Å²) >= 11 is 0. The van der Waals surface area contributed by atoms with E-state index in [9.17, 15) is 14.9 Å². The summed E-state index contributed by atoms with van der Waals surface area (Å²) in [4.78, 5) is 24.5. The maximum absolute atomic E-state index is 10.8. The fourth-order valence-corrected chi connectivity index (χ4v) is 2.47. The highest BCUT2D eigenvalue weighted by Crippen LogP contribution is 2.29. The molecule has 0 aliphatic heterocycles. The van der Waals surface area contributed by atoms with Crippen molar-refractivity contribution in [1.29, 1.82) is 0 Å². The summed E-state index contributed by atoms with van der Waals surface area (Å²) in [6.45, 7) is 0.742. The third kappa shape index (κ3) is 3.66. The van der Waals surface area contributed by atoms with E-state index >= 15 is 0 Å². The minimum absolute atomic E-state index is 0.169. The van der Waals surface area contributed by atoms with E-state index < -0.39 is 10.9 Å². The van der Waals surface area contributed by atoms with Gasteiger partial charge in [-0.1, -0.05) is 0 Å². The second kappa shape index (κ2) is 6.31. The summed E-state index contributed by atoms with van der Waals surface area (Å²) in [5.74, 6) is -0.624. The molecule has 7 heteroatoms. The molecule has 2 rings (SSSR count). The van der Waals surface area contributed by atoms with Crippen LogP contribution in [0.3, 0.4) is 0 Å². The highest BCUT2D eigenvalue weighted by atomic mass is 16.6. The lowest BCUT2D eigenvalue weighted by molar-refractivity contribution is -0.389. The summed E-state index contributed by atoms with van der Waals surface area (Å²) in [5, 5.41) is 22.6. The summed E-state index contributed by atoms with van der Waals surface area (Å²) in [6.07, 6.45) is 4.68. The van der Waals surface area contributed by atoms with E-state index in [2.05, 4.69) is 10.3 Å². The number of rotatable bonds is 5. The van der Waals surface area contributed by atoms with Crippen LogP contribution in [-0.2, 0) is 4.79 Å². The standard InChI is InChI=1S/C13H17N3O4/c17-13(18)10-3-1-9(2-4-10)7-14-11-5-6-12(15-8-11)16(19)20/h5-6,8-10,14H,1-4,7H2,(H,17,18). The zero-order valence-electron chi connectivity index (χ0n) is 11.0. The number of hydrogen-bond donors (Lipinski definition) is 2. The topological polar surface area (TPSA) is 105 Å². The first-order valence-electron chi connectivity index (χ1n) is 6.63. The van der Waals surface area contributed by atoms with Crippen LogP contribution in [0.1, 0.15) is 25.7 Å². The quantitative estimate of drug-likeness (QED) is 0.632. The maximum atomic E-state index is 10.8. The van der Waals surface area contributed by atoms with E-state index in [4.69, 9.17) is 5.11 Å². The third-order valence-electron chi connectivity index (χ3n) is 3.73. The van der Waals surface area contributed by atoms with Gasteiger partial charge in [0.25, 0.3) is 0 Å². The molecule has 1 aliphatic carbocycles. The summed E-state index contributed by atoms with van der Waals surface area (Å²) in [7, 11) is 0. The number of pyridine rings is 1. The molecule has 0 aromatic carbocycles. The Balaban J connectivity index is 1.78. The van der Waals surface area contributed by atoms with Crippen molar-refractivity contribution in [3.8, 4) is 0 Å². The van der Waals surface area contributed by atoms with Gasteiger partial charge in [-0.25, -0.2) is 0 Å². The van der Waals surface area contributed by atoms with E-state index in [1.54, 1.807) is 6.07 Å². The van der Waals surface area contributed by atoms with Gasteiger partial charge in [-0.15, -0.1) is 0 Å². The largest absolute Gasteiger partial charge is 0.481 e. The highest BCUT2D eigenvalue weighted by molar-refractivity contribution is 5.70. The Kier molecular flexibility index (Phi) is 4.49. The molecular weight excluding hydrogens is 262 g/mol. The summed E-state index contributed by atoms with van der Waals surface area (Å²) in [5.41, 5.74) is 0.746. The van der Waals surface area contributed by atoms with Crippen molar-refractivity contribution >= 4 is 17.5 Å². The molecule has 0 saturated heterocycles. The number of carboxylic acids is 1. The number of nitro groups is 1. The molecule has 1 fully saturated rings. The van der Waals surface area contributed by atoms with Crippen molar-refractivity contribution in [3.63, 3.8) is 0 Å². The van der Waals surface area contributed by atoms with Crippen LogP contribution in [0.2, 0.25) is 0 Å². The predicted molar refractivity (Wildman–Crippen MR) is 72.5 cm³/mol. The number of hydrogen-bond acceptors (Lipinski definition) is 5. The van der Waals surface area contributed by atoms with Gasteiger partial charge >= 0.3 is 11.8 Å². The molecule has 1 aliphatic rings. The van der Waals surface area contributed by atoms with Gasteiger partial charge in [0.05, 0.1) is 11.6 Å². The molecule has 0 unspecified atom stereocenters. The van der Waals surface area contributed by atoms with Crippen LogP contribution in [0.25, 0.3) is 0 Å². The molecule has 0 spiro atoms. The predicted octanol–water partition coefficient (Wildman–Crippen LogP) is 2.29. The molecule has 1 heterocycles. The van der Waals surface area contributed by atoms with Crippen LogP contribution in [0.15, 0.2) is 18.3 Å². The molecule has 108 valence electrons. The average molecular weight is 279 g/mol. The average Bonchev–Trinajstić information content (AvgIpc) is 2.46. The lowest BCUT2D eigenvalue weighted by Gasteiger charge is -2.26. The van der Waals surface area contributed by atoms with Crippen molar-refractivity contribution in [2.45, 2.75) is 25.7 Å². The number of nitrogens with zero attached hydrogens (tertiary/aromatic N) is 2. The Morgan fingerprint density at radius 2 is 2.10 bits per heavy atom. The zero-order valence-corrected chi connectivity index (χ0v) is 11.0. The van der Waals surface area contributed by atoms with E-state index in [0.717, 1.165) is 37.9 Å². The molecule has 1 saturated carbocycles. The van der Waals surface area contributed by atoms with Crippen molar-refractivity contribution in [1.82, 2.24) is 4.98 Å². The van der Waals surface area contributed by atoms with Gasteiger partial charge in [0.15, 0.2) is 6.20 Å². The van der Waals surface area contributed by atoms with Crippen LogP contribution in [-0.4, -0.2) is 27.5 Å². The zero-order chi connectivity index (χ0) is 14.5. The van der Waals surface area contributed by atoms with Crippen molar-refractivity contribution in [2.75, 3.05) is 11.9 Å². The van der Waals surface area contributed by atoms with Crippen LogP contribution >= 0.6 is 0 Å². The second-order valence-corrected chi connectivity index (χ2v) is 5.10. The molecule has 0 amide bonds. The summed E-state index contributed by atoms with van der Waals surface area (Å²) in [6, 6.07) is 3.00. The lowest BCUT2D eigenvalue weighted by atomic mass is 9.82. The van der Waals surface area contributed by atoms with Crippen molar-refractivity contribution < 1.29 is 14.8 Å². The monoisotopic (exact) mass is 279 g/mol. The Morgan fingerprint density at radius 3 is 2.60 bits per heavy atom. The SMILES string of the molecule is O=C(O)C1CCC(CNc2ccc([N+](=O)[O-])nc2)CC1. The Labute approximate surface area is 116 Å².